The van der Waals surface area contributed by atoms with Gasteiger partial charge in [-0.1, -0.05) is 6.07 Å². The van der Waals surface area contributed by atoms with E-state index in [0.717, 1.165) is 29.2 Å². The largest absolute Gasteiger partial charge is 0.490 e. The molecule has 0 bridgehead atoms. The van der Waals surface area contributed by atoms with E-state index in [0.29, 0.717) is 31.5 Å². The van der Waals surface area contributed by atoms with Gasteiger partial charge in [0.25, 0.3) is 0 Å². The SMILES string of the molecule is Cc1cccc(CN=C(NCC(=O)NC(C)(C)C)Nc2ccc3c(c2)OCCCO3)n1. The van der Waals surface area contributed by atoms with Gasteiger partial charge >= 0.3 is 0 Å². The van der Waals surface area contributed by atoms with E-state index in [2.05, 4.69) is 25.9 Å². The zero-order valence-corrected chi connectivity index (χ0v) is 18.6. The van der Waals surface area contributed by atoms with E-state index < -0.39 is 0 Å². The summed E-state index contributed by atoms with van der Waals surface area (Å²) in [4.78, 5) is 21.4. The van der Waals surface area contributed by atoms with Crippen LogP contribution in [-0.2, 0) is 11.3 Å². The fourth-order valence-corrected chi connectivity index (χ4v) is 2.99. The van der Waals surface area contributed by atoms with Crippen LogP contribution in [0.5, 0.6) is 11.5 Å². The first kappa shape index (κ1) is 22.4. The summed E-state index contributed by atoms with van der Waals surface area (Å²) < 4.78 is 11.5. The molecule has 0 unspecified atom stereocenters. The Labute approximate surface area is 183 Å². The van der Waals surface area contributed by atoms with Crippen LogP contribution < -0.4 is 25.4 Å². The molecular weight excluding hydrogens is 394 g/mol. The second-order valence-electron chi connectivity index (χ2n) is 8.42. The van der Waals surface area contributed by atoms with Crippen molar-refractivity contribution in [2.75, 3.05) is 25.1 Å². The standard InChI is InChI=1S/C23H31N5O3/c1-16-7-5-8-18(26-16)14-24-22(25-15-21(29)28-23(2,3)4)27-17-9-10-19-20(13-17)31-12-6-11-30-19/h5,7-10,13H,6,11-12,14-15H2,1-4H3,(H,28,29)(H2,24,25,27). The highest BCUT2D eigenvalue weighted by Gasteiger charge is 2.15. The lowest BCUT2D eigenvalue weighted by atomic mass is 10.1. The summed E-state index contributed by atoms with van der Waals surface area (Å²) in [5.41, 5.74) is 2.26. The molecule has 1 aromatic carbocycles. The predicted molar refractivity (Wildman–Crippen MR) is 122 cm³/mol. The van der Waals surface area contributed by atoms with Crippen molar-refractivity contribution in [3.05, 3.63) is 47.8 Å². The summed E-state index contributed by atoms with van der Waals surface area (Å²) in [6.45, 7) is 9.50. The number of guanidine groups is 1. The summed E-state index contributed by atoms with van der Waals surface area (Å²) >= 11 is 0. The Kier molecular flexibility index (Phi) is 7.33. The van der Waals surface area contributed by atoms with Gasteiger partial charge < -0.3 is 25.4 Å². The minimum Gasteiger partial charge on any atom is -0.490 e. The molecule has 3 rings (SSSR count). The number of nitrogens with one attached hydrogen (secondary N) is 3. The van der Waals surface area contributed by atoms with Crippen LogP contribution in [0, 0.1) is 6.92 Å². The number of carbonyl (C=O) groups excluding carboxylic acids is 1. The molecule has 8 nitrogen and oxygen atoms in total. The zero-order valence-electron chi connectivity index (χ0n) is 18.6. The summed E-state index contributed by atoms with van der Waals surface area (Å²) in [5.74, 6) is 1.77. The first-order valence-electron chi connectivity index (χ1n) is 10.5. The second kappa shape index (κ2) is 10.1. The van der Waals surface area contributed by atoms with Gasteiger partial charge in [0.15, 0.2) is 17.5 Å². The first-order valence-corrected chi connectivity index (χ1v) is 10.5. The van der Waals surface area contributed by atoms with E-state index in [-0.39, 0.29) is 18.0 Å². The van der Waals surface area contributed by atoms with Gasteiger partial charge in [0.05, 0.1) is 32.0 Å². The number of nitrogens with zero attached hydrogens (tertiary/aromatic N) is 2. The van der Waals surface area contributed by atoms with Crippen LogP contribution in [0.3, 0.4) is 0 Å². The summed E-state index contributed by atoms with van der Waals surface area (Å²) in [5, 5.41) is 9.28. The van der Waals surface area contributed by atoms with Crippen molar-refractivity contribution >= 4 is 17.6 Å². The van der Waals surface area contributed by atoms with Crippen molar-refractivity contribution in [2.45, 2.75) is 46.2 Å². The van der Waals surface area contributed by atoms with E-state index in [1.54, 1.807) is 0 Å². The average molecular weight is 426 g/mol. The fourth-order valence-electron chi connectivity index (χ4n) is 2.99. The summed E-state index contributed by atoms with van der Waals surface area (Å²) in [6.07, 6.45) is 0.845. The molecular formula is C23H31N5O3. The minimum absolute atomic E-state index is 0.0922. The number of carbonyl (C=O) groups is 1. The predicted octanol–water partition coefficient (Wildman–Crippen LogP) is 3.02. The van der Waals surface area contributed by atoms with Gasteiger partial charge in [-0.15, -0.1) is 0 Å². The quantitative estimate of drug-likeness (QED) is 0.503. The highest BCUT2D eigenvalue weighted by atomic mass is 16.5. The molecule has 0 fully saturated rings. The van der Waals surface area contributed by atoms with Gasteiger partial charge in [0.2, 0.25) is 5.91 Å². The highest BCUT2D eigenvalue weighted by molar-refractivity contribution is 5.96. The van der Waals surface area contributed by atoms with Gasteiger partial charge in [-0.2, -0.15) is 0 Å². The van der Waals surface area contributed by atoms with Crippen molar-refractivity contribution in [1.29, 1.82) is 0 Å². The third-order valence-electron chi connectivity index (χ3n) is 4.29. The number of aryl methyl sites for hydroxylation is 1. The molecule has 1 aliphatic rings. The number of amides is 1. The summed E-state index contributed by atoms with van der Waals surface area (Å²) in [7, 11) is 0. The van der Waals surface area contributed by atoms with Crippen molar-refractivity contribution < 1.29 is 14.3 Å². The molecule has 31 heavy (non-hydrogen) atoms. The maximum absolute atomic E-state index is 12.3. The number of fused-ring (bicyclic) bond motifs is 1. The topological polar surface area (TPSA) is 96.9 Å². The Morgan fingerprint density at radius 3 is 2.65 bits per heavy atom. The molecule has 2 aromatic rings. The Balaban J connectivity index is 1.73. The molecule has 166 valence electrons. The first-order chi connectivity index (χ1) is 14.8. The van der Waals surface area contributed by atoms with Gasteiger partial charge in [-0.25, -0.2) is 4.99 Å². The molecule has 0 spiro atoms. The van der Waals surface area contributed by atoms with Crippen molar-refractivity contribution in [3.8, 4) is 11.5 Å². The lowest BCUT2D eigenvalue weighted by Crippen LogP contribution is -2.46. The Morgan fingerprint density at radius 2 is 1.90 bits per heavy atom. The number of aliphatic imine (C=N–C) groups is 1. The molecule has 0 saturated heterocycles. The van der Waals surface area contributed by atoms with E-state index in [9.17, 15) is 4.79 Å². The van der Waals surface area contributed by atoms with Gasteiger partial charge in [-0.3, -0.25) is 9.78 Å². The van der Waals surface area contributed by atoms with Gasteiger partial charge in [0.1, 0.15) is 0 Å². The molecule has 1 amide bonds. The number of hydrogen-bond acceptors (Lipinski definition) is 5. The Bertz CT molecular complexity index is 937. The third kappa shape index (κ3) is 7.47. The molecule has 2 heterocycles. The molecule has 3 N–H and O–H groups in total. The van der Waals surface area contributed by atoms with Crippen LogP contribution in [0.4, 0.5) is 5.69 Å². The molecule has 0 aliphatic carbocycles. The smallest absolute Gasteiger partial charge is 0.239 e. The van der Waals surface area contributed by atoms with Crippen molar-refractivity contribution in [1.82, 2.24) is 15.6 Å². The number of hydrogen-bond donors (Lipinski definition) is 3. The second-order valence-corrected chi connectivity index (χ2v) is 8.42. The van der Waals surface area contributed by atoms with Crippen LogP contribution in [0.25, 0.3) is 0 Å². The number of aromatic nitrogens is 1. The maximum atomic E-state index is 12.3. The Morgan fingerprint density at radius 1 is 1.13 bits per heavy atom. The normalized spacial score (nSPS) is 13.9. The number of anilines is 1. The molecule has 8 heteroatoms. The zero-order chi connectivity index (χ0) is 22.3. The number of ether oxygens (including phenoxy) is 2. The highest BCUT2D eigenvalue weighted by Crippen LogP contribution is 2.32. The van der Waals surface area contributed by atoms with E-state index >= 15 is 0 Å². The van der Waals surface area contributed by atoms with Gasteiger partial charge in [-0.05, 0) is 52.0 Å². The van der Waals surface area contributed by atoms with E-state index in [4.69, 9.17) is 9.47 Å². The van der Waals surface area contributed by atoms with Crippen molar-refractivity contribution in [2.24, 2.45) is 4.99 Å². The van der Waals surface area contributed by atoms with Gasteiger partial charge in [0, 0.05) is 29.4 Å². The number of pyridine rings is 1. The molecule has 1 aromatic heterocycles. The Hall–Kier alpha value is -3.29. The number of rotatable bonds is 5. The minimum atomic E-state index is -0.302. The maximum Gasteiger partial charge on any atom is 0.239 e. The third-order valence-corrected chi connectivity index (χ3v) is 4.29. The van der Waals surface area contributed by atoms with Crippen LogP contribution in [0.1, 0.15) is 38.6 Å². The molecule has 0 saturated carbocycles. The summed E-state index contributed by atoms with van der Waals surface area (Å²) in [6, 6.07) is 11.5. The van der Waals surface area contributed by atoms with Crippen molar-refractivity contribution in [3.63, 3.8) is 0 Å². The monoisotopic (exact) mass is 425 g/mol. The molecule has 0 atom stereocenters. The van der Waals surface area contributed by atoms with Crippen LogP contribution in [0.2, 0.25) is 0 Å². The lowest BCUT2D eigenvalue weighted by Gasteiger charge is -2.21. The fraction of sp³-hybridized carbons (Fsp3) is 0.435. The molecule has 1 aliphatic heterocycles. The molecule has 0 radical (unpaired) electrons. The van der Waals surface area contributed by atoms with Crippen LogP contribution >= 0.6 is 0 Å². The lowest BCUT2D eigenvalue weighted by molar-refractivity contribution is -0.121. The van der Waals surface area contributed by atoms with Crippen LogP contribution in [0.15, 0.2) is 41.4 Å². The van der Waals surface area contributed by atoms with Crippen LogP contribution in [-0.4, -0.2) is 42.1 Å². The average Bonchev–Trinajstić information content (AvgIpc) is 2.94. The van der Waals surface area contributed by atoms with E-state index in [1.807, 2.05) is 64.1 Å². The van der Waals surface area contributed by atoms with E-state index in [1.165, 1.54) is 0 Å². The number of benzene rings is 1.